The Labute approximate surface area is 132 Å². The van der Waals surface area contributed by atoms with E-state index in [0.29, 0.717) is 13.1 Å². The highest BCUT2D eigenvalue weighted by atomic mass is 16.2. The van der Waals surface area contributed by atoms with Crippen molar-refractivity contribution >= 4 is 11.8 Å². The van der Waals surface area contributed by atoms with Crippen molar-refractivity contribution in [2.24, 2.45) is 17.1 Å². The monoisotopic (exact) mass is 305 g/mol. The summed E-state index contributed by atoms with van der Waals surface area (Å²) in [4.78, 5) is 23.8. The first kappa shape index (κ1) is 18.2. The van der Waals surface area contributed by atoms with Gasteiger partial charge in [-0.05, 0) is 5.56 Å². The average molecular weight is 305 g/mol. The van der Waals surface area contributed by atoms with Crippen LogP contribution in [-0.2, 0) is 9.59 Å². The molecule has 0 fully saturated rings. The van der Waals surface area contributed by atoms with Gasteiger partial charge in [-0.2, -0.15) is 0 Å². The van der Waals surface area contributed by atoms with Crippen molar-refractivity contribution in [3.8, 4) is 0 Å². The largest absolute Gasteiger partial charge is 0.354 e. The number of hydrogen-bond donors (Lipinski definition) is 3. The third-order valence-corrected chi connectivity index (χ3v) is 3.53. The Morgan fingerprint density at radius 2 is 1.64 bits per heavy atom. The third-order valence-electron chi connectivity index (χ3n) is 3.53. The van der Waals surface area contributed by atoms with Gasteiger partial charge >= 0.3 is 0 Å². The van der Waals surface area contributed by atoms with Crippen LogP contribution in [0.2, 0.25) is 0 Å². The fraction of sp³-hybridized carbons (Fsp3) is 0.529. The zero-order valence-corrected chi connectivity index (χ0v) is 13.8. The summed E-state index contributed by atoms with van der Waals surface area (Å²) in [5.74, 6) is -0.474. The van der Waals surface area contributed by atoms with Gasteiger partial charge in [0.1, 0.15) is 0 Å². The van der Waals surface area contributed by atoms with E-state index in [-0.39, 0.29) is 23.8 Å². The lowest BCUT2D eigenvalue weighted by molar-refractivity contribution is -0.129. The lowest BCUT2D eigenvalue weighted by Gasteiger charge is -2.21. The summed E-state index contributed by atoms with van der Waals surface area (Å²) < 4.78 is 0. The molecule has 0 aliphatic carbocycles. The van der Waals surface area contributed by atoms with Crippen LogP contribution in [0.25, 0.3) is 0 Å². The normalized spacial score (nSPS) is 14.0. The van der Waals surface area contributed by atoms with E-state index < -0.39 is 5.41 Å². The van der Waals surface area contributed by atoms with Gasteiger partial charge in [-0.25, -0.2) is 0 Å². The fourth-order valence-electron chi connectivity index (χ4n) is 1.91. The second-order valence-electron chi connectivity index (χ2n) is 6.52. The summed E-state index contributed by atoms with van der Waals surface area (Å²) in [5, 5.41) is 5.60. The second-order valence-corrected chi connectivity index (χ2v) is 6.52. The van der Waals surface area contributed by atoms with Gasteiger partial charge in [0, 0.05) is 24.5 Å². The van der Waals surface area contributed by atoms with Crippen molar-refractivity contribution in [2.75, 3.05) is 13.1 Å². The summed E-state index contributed by atoms with van der Waals surface area (Å²) >= 11 is 0. The van der Waals surface area contributed by atoms with E-state index in [1.165, 1.54) is 0 Å². The maximum absolute atomic E-state index is 12.1. The molecular formula is C17H27N3O2. The van der Waals surface area contributed by atoms with Crippen LogP contribution < -0.4 is 16.4 Å². The van der Waals surface area contributed by atoms with Gasteiger partial charge in [-0.1, -0.05) is 58.0 Å². The molecule has 22 heavy (non-hydrogen) atoms. The smallest absolute Gasteiger partial charge is 0.225 e. The van der Waals surface area contributed by atoms with Crippen LogP contribution >= 0.6 is 0 Å². The van der Waals surface area contributed by atoms with Crippen molar-refractivity contribution in [3.63, 3.8) is 0 Å². The molecule has 122 valence electrons. The van der Waals surface area contributed by atoms with E-state index in [4.69, 9.17) is 5.73 Å². The molecule has 0 aliphatic heterocycles. The standard InChI is InChI=1S/C17H27N3O2/c1-12(14(18)13-8-6-5-7-9-13)15(21)19-10-11-20-16(22)17(2,3)4/h5-9,12,14H,10-11,18H2,1-4H3,(H,19,21)(H,20,22). The third kappa shape index (κ3) is 5.48. The number of nitrogens with one attached hydrogen (secondary N) is 2. The van der Waals surface area contributed by atoms with Gasteiger partial charge in [0.05, 0.1) is 5.92 Å². The van der Waals surface area contributed by atoms with E-state index in [2.05, 4.69) is 10.6 Å². The van der Waals surface area contributed by atoms with E-state index in [1.54, 1.807) is 6.92 Å². The van der Waals surface area contributed by atoms with Crippen molar-refractivity contribution in [1.29, 1.82) is 0 Å². The van der Waals surface area contributed by atoms with E-state index >= 15 is 0 Å². The molecule has 2 amide bonds. The second kappa shape index (κ2) is 7.94. The maximum atomic E-state index is 12.1. The van der Waals surface area contributed by atoms with Crippen molar-refractivity contribution in [1.82, 2.24) is 10.6 Å². The molecule has 0 heterocycles. The minimum absolute atomic E-state index is 0.0317. The predicted octanol–water partition coefficient (Wildman–Crippen LogP) is 1.60. The molecule has 0 aliphatic rings. The highest BCUT2D eigenvalue weighted by molar-refractivity contribution is 5.81. The Morgan fingerprint density at radius 1 is 1.09 bits per heavy atom. The van der Waals surface area contributed by atoms with Gasteiger partial charge in [0.15, 0.2) is 0 Å². The molecule has 1 rings (SSSR count). The van der Waals surface area contributed by atoms with Gasteiger partial charge < -0.3 is 16.4 Å². The molecule has 1 aromatic carbocycles. The van der Waals surface area contributed by atoms with Gasteiger partial charge in [-0.3, -0.25) is 9.59 Å². The van der Waals surface area contributed by atoms with Crippen LogP contribution in [0.1, 0.15) is 39.3 Å². The Morgan fingerprint density at radius 3 is 2.18 bits per heavy atom. The van der Waals surface area contributed by atoms with E-state index in [9.17, 15) is 9.59 Å². The first-order valence-electron chi connectivity index (χ1n) is 7.60. The van der Waals surface area contributed by atoms with E-state index in [1.807, 2.05) is 51.1 Å². The molecule has 0 saturated heterocycles. The highest BCUT2D eigenvalue weighted by Crippen LogP contribution is 2.18. The minimum atomic E-state index is -0.424. The first-order chi connectivity index (χ1) is 10.2. The molecule has 2 unspecified atom stereocenters. The van der Waals surface area contributed by atoms with E-state index in [0.717, 1.165) is 5.56 Å². The molecule has 2 atom stereocenters. The molecule has 0 radical (unpaired) electrons. The Balaban J connectivity index is 2.38. The predicted molar refractivity (Wildman–Crippen MR) is 88.0 cm³/mol. The summed E-state index contributed by atoms with van der Waals surface area (Å²) in [7, 11) is 0. The fourth-order valence-corrected chi connectivity index (χ4v) is 1.91. The van der Waals surface area contributed by atoms with Gasteiger partial charge in [0.2, 0.25) is 11.8 Å². The quantitative estimate of drug-likeness (QED) is 0.698. The summed E-state index contributed by atoms with van der Waals surface area (Å²) in [6.45, 7) is 8.16. The number of nitrogens with two attached hydrogens (primary N) is 1. The topological polar surface area (TPSA) is 84.2 Å². The lowest BCUT2D eigenvalue weighted by atomic mass is 9.94. The Kier molecular flexibility index (Phi) is 6.56. The number of carbonyl (C=O) groups excluding carboxylic acids is 2. The van der Waals surface area contributed by atoms with Gasteiger partial charge in [0.25, 0.3) is 0 Å². The lowest BCUT2D eigenvalue weighted by Crippen LogP contribution is -2.42. The molecular weight excluding hydrogens is 278 g/mol. The summed E-state index contributed by atoms with van der Waals surface area (Å²) in [6.07, 6.45) is 0. The SMILES string of the molecule is CC(C(=O)NCCNC(=O)C(C)(C)C)C(N)c1ccccc1. The minimum Gasteiger partial charge on any atom is -0.354 e. The Bertz CT molecular complexity index is 494. The maximum Gasteiger partial charge on any atom is 0.225 e. The van der Waals surface area contributed by atoms with Crippen LogP contribution in [-0.4, -0.2) is 24.9 Å². The molecule has 4 N–H and O–H groups in total. The number of carbonyl (C=O) groups is 2. The first-order valence-corrected chi connectivity index (χ1v) is 7.60. The summed E-state index contributed by atoms with van der Waals surface area (Å²) in [6, 6.07) is 9.21. The molecule has 0 aromatic heterocycles. The molecule has 0 bridgehead atoms. The molecule has 5 heteroatoms. The van der Waals surface area contributed by atoms with Gasteiger partial charge in [-0.15, -0.1) is 0 Å². The Hall–Kier alpha value is -1.88. The van der Waals surface area contributed by atoms with Crippen LogP contribution in [0.4, 0.5) is 0 Å². The summed E-state index contributed by atoms with van der Waals surface area (Å²) in [5.41, 5.74) is 6.63. The number of benzene rings is 1. The molecule has 5 nitrogen and oxygen atoms in total. The van der Waals surface area contributed by atoms with Crippen molar-refractivity contribution in [2.45, 2.75) is 33.7 Å². The van der Waals surface area contributed by atoms with Crippen molar-refractivity contribution < 1.29 is 9.59 Å². The average Bonchev–Trinajstić information content (AvgIpc) is 2.49. The number of hydrogen-bond acceptors (Lipinski definition) is 3. The number of rotatable bonds is 6. The molecule has 0 saturated carbocycles. The van der Waals surface area contributed by atoms with Crippen LogP contribution in [0.15, 0.2) is 30.3 Å². The zero-order valence-electron chi connectivity index (χ0n) is 13.8. The van der Waals surface area contributed by atoms with Crippen LogP contribution in [0.3, 0.4) is 0 Å². The molecule has 0 spiro atoms. The zero-order chi connectivity index (χ0) is 16.8. The molecule has 1 aromatic rings. The highest BCUT2D eigenvalue weighted by Gasteiger charge is 2.22. The number of amides is 2. The van der Waals surface area contributed by atoms with Crippen LogP contribution in [0.5, 0.6) is 0 Å². The van der Waals surface area contributed by atoms with Crippen LogP contribution in [0, 0.1) is 11.3 Å². The van der Waals surface area contributed by atoms with Crippen molar-refractivity contribution in [3.05, 3.63) is 35.9 Å².